The number of rotatable bonds is 3. The highest BCUT2D eigenvalue weighted by molar-refractivity contribution is 5.86. The number of carboxylic acid groups (broad SMARTS) is 1. The summed E-state index contributed by atoms with van der Waals surface area (Å²) in [6.07, 6.45) is 5.09. The average molecular weight is 237 g/mol. The maximum absolute atomic E-state index is 11.0. The van der Waals surface area contributed by atoms with E-state index in [9.17, 15) is 4.79 Å². The Morgan fingerprint density at radius 1 is 1.47 bits per heavy atom. The van der Waals surface area contributed by atoms with Gasteiger partial charge in [0, 0.05) is 24.2 Å². The number of aromatic carboxylic acids is 1. The van der Waals surface area contributed by atoms with E-state index < -0.39 is 5.97 Å². The Kier molecular flexibility index (Phi) is 3.52. The number of hydrogen-bond donors (Lipinski definition) is 1. The van der Waals surface area contributed by atoms with Crippen molar-refractivity contribution in [1.82, 2.24) is 4.90 Å². The molecular weight excluding hydrogens is 218 g/mol. The highest BCUT2D eigenvalue weighted by atomic mass is 16.4. The molecule has 94 valence electrons. The standard InChI is InChI=1S/C13H19NO3/c1-9-4-3-5-10(2)14(9)8-11-6-7-17-12(11)13(15)16/h6-7,9-10H,3-5,8H2,1-2H3,(H,15,16)/t9-,10+. The molecule has 1 N–H and O–H groups in total. The summed E-state index contributed by atoms with van der Waals surface area (Å²) in [6, 6.07) is 2.78. The van der Waals surface area contributed by atoms with Crippen molar-refractivity contribution in [2.45, 2.75) is 51.7 Å². The zero-order chi connectivity index (χ0) is 12.4. The maximum Gasteiger partial charge on any atom is 0.372 e. The summed E-state index contributed by atoms with van der Waals surface area (Å²) in [7, 11) is 0. The third-order valence-corrected chi connectivity index (χ3v) is 3.67. The van der Waals surface area contributed by atoms with Crippen LogP contribution in [0.1, 0.15) is 49.2 Å². The van der Waals surface area contributed by atoms with Gasteiger partial charge >= 0.3 is 5.97 Å². The molecule has 2 rings (SSSR count). The third-order valence-electron chi connectivity index (χ3n) is 3.67. The van der Waals surface area contributed by atoms with Crippen molar-refractivity contribution in [1.29, 1.82) is 0 Å². The van der Waals surface area contributed by atoms with Gasteiger partial charge in [-0.1, -0.05) is 6.42 Å². The van der Waals surface area contributed by atoms with Crippen molar-refractivity contribution >= 4 is 5.97 Å². The largest absolute Gasteiger partial charge is 0.475 e. The van der Waals surface area contributed by atoms with Gasteiger partial charge in [0.05, 0.1) is 6.26 Å². The van der Waals surface area contributed by atoms with E-state index in [1.807, 2.05) is 0 Å². The van der Waals surface area contributed by atoms with Gasteiger partial charge in [0.25, 0.3) is 0 Å². The van der Waals surface area contributed by atoms with Crippen molar-refractivity contribution in [2.24, 2.45) is 0 Å². The van der Waals surface area contributed by atoms with Crippen LogP contribution in [0, 0.1) is 0 Å². The van der Waals surface area contributed by atoms with E-state index in [4.69, 9.17) is 9.52 Å². The van der Waals surface area contributed by atoms with Gasteiger partial charge in [-0.25, -0.2) is 4.79 Å². The zero-order valence-electron chi connectivity index (χ0n) is 10.3. The van der Waals surface area contributed by atoms with Gasteiger partial charge in [-0.3, -0.25) is 4.90 Å². The quantitative estimate of drug-likeness (QED) is 0.878. The first-order chi connectivity index (χ1) is 8.09. The number of piperidine rings is 1. The Hall–Kier alpha value is -1.29. The average Bonchev–Trinajstić information content (AvgIpc) is 2.72. The fourth-order valence-electron chi connectivity index (χ4n) is 2.63. The molecule has 1 fully saturated rings. The molecule has 1 saturated heterocycles. The molecule has 0 bridgehead atoms. The van der Waals surface area contributed by atoms with E-state index in [2.05, 4.69) is 18.7 Å². The van der Waals surface area contributed by atoms with Gasteiger partial charge in [0.2, 0.25) is 5.76 Å². The topological polar surface area (TPSA) is 53.7 Å². The monoisotopic (exact) mass is 237 g/mol. The molecule has 0 unspecified atom stereocenters. The second kappa shape index (κ2) is 4.92. The van der Waals surface area contributed by atoms with Crippen LogP contribution in [0.25, 0.3) is 0 Å². The molecule has 0 radical (unpaired) electrons. The second-order valence-corrected chi connectivity index (χ2v) is 4.88. The van der Waals surface area contributed by atoms with Crippen molar-refractivity contribution in [3.05, 3.63) is 23.7 Å². The molecule has 0 spiro atoms. The van der Waals surface area contributed by atoms with Crippen molar-refractivity contribution < 1.29 is 14.3 Å². The molecule has 0 amide bonds. The molecule has 0 saturated carbocycles. The molecule has 1 aromatic rings. The lowest BCUT2D eigenvalue weighted by molar-refractivity contribution is 0.0649. The molecular formula is C13H19NO3. The molecule has 4 nitrogen and oxygen atoms in total. The summed E-state index contributed by atoms with van der Waals surface area (Å²) >= 11 is 0. The fourth-order valence-corrected chi connectivity index (χ4v) is 2.63. The molecule has 4 heteroatoms. The van der Waals surface area contributed by atoms with Gasteiger partial charge < -0.3 is 9.52 Å². The Labute approximate surface area is 101 Å². The van der Waals surface area contributed by atoms with Crippen LogP contribution in [-0.4, -0.2) is 28.1 Å². The van der Waals surface area contributed by atoms with E-state index >= 15 is 0 Å². The Balaban J connectivity index is 2.13. The number of carboxylic acids is 1. The lowest BCUT2D eigenvalue weighted by Crippen LogP contribution is -2.43. The van der Waals surface area contributed by atoms with E-state index in [1.165, 1.54) is 25.5 Å². The van der Waals surface area contributed by atoms with E-state index in [0.29, 0.717) is 18.6 Å². The minimum atomic E-state index is -0.984. The van der Waals surface area contributed by atoms with Crippen LogP contribution in [0.2, 0.25) is 0 Å². The minimum Gasteiger partial charge on any atom is -0.475 e. The zero-order valence-corrected chi connectivity index (χ0v) is 10.3. The van der Waals surface area contributed by atoms with Crippen LogP contribution >= 0.6 is 0 Å². The lowest BCUT2D eigenvalue weighted by atomic mass is 9.97. The molecule has 17 heavy (non-hydrogen) atoms. The van der Waals surface area contributed by atoms with Crippen molar-refractivity contribution in [2.75, 3.05) is 0 Å². The van der Waals surface area contributed by atoms with Gasteiger partial charge in [0.15, 0.2) is 0 Å². The first kappa shape index (κ1) is 12.2. The number of likely N-dealkylation sites (tertiary alicyclic amines) is 1. The van der Waals surface area contributed by atoms with Crippen LogP contribution in [0.4, 0.5) is 0 Å². The Bertz CT molecular complexity index is 389. The summed E-state index contributed by atoms with van der Waals surface area (Å²) in [5.41, 5.74) is 0.776. The molecule has 1 aliphatic heterocycles. The predicted molar refractivity (Wildman–Crippen MR) is 64.0 cm³/mol. The first-order valence-electron chi connectivity index (χ1n) is 6.15. The lowest BCUT2D eigenvalue weighted by Gasteiger charge is -2.38. The minimum absolute atomic E-state index is 0.0787. The van der Waals surface area contributed by atoms with Crippen LogP contribution in [0.15, 0.2) is 16.7 Å². The van der Waals surface area contributed by atoms with Crippen molar-refractivity contribution in [3.63, 3.8) is 0 Å². The highest BCUT2D eigenvalue weighted by Gasteiger charge is 2.26. The third kappa shape index (κ3) is 2.52. The van der Waals surface area contributed by atoms with Gasteiger partial charge in [-0.15, -0.1) is 0 Å². The smallest absolute Gasteiger partial charge is 0.372 e. The van der Waals surface area contributed by atoms with Crippen LogP contribution < -0.4 is 0 Å². The normalized spacial score (nSPS) is 26.0. The van der Waals surface area contributed by atoms with E-state index in [1.54, 1.807) is 6.07 Å². The summed E-state index contributed by atoms with van der Waals surface area (Å²) in [6.45, 7) is 5.08. The van der Waals surface area contributed by atoms with Gasteiger partial charge in [-0.05, 0) is 32.8 Å². The van der Waals surface area contributed by atoms with E-state index in [-0.39, 0.29) is 5.76 Å². The SMILES string of the molecule is C[C@@H]1CCC[C@H](C)N1Cc1ccoc1C(=O)O. The predicted octanol–water partition coefficient (Wildman–Crippen LogP) is 2.74. The van der Waals surface area contributed by atoms with E-state index in [0.717, 1.165) is 5.56 Å². The van der Waals surface area contributed by atoms with Gasteiger partial charge in [-0.2, -0.15) is 0 Å². The molecule has 0 aliphatic carbocycles. The summed E-state index contributed by atoms with van der Waals surface area (Å²) < 4.78 is 5.01. The highest BCUT2D eigenvalue weighted by Crippen LogP contribution is 2.25. The van der Waals surface area contributed by atoms with Gasteiger partial charge in [0.1, 0.15) is 0 Å². The van der Waals surface area contributed by atoms with Crippen molar-refractivity contribution in [3.8, 4) is 0 Å². The molecule has 1 aromatic heterocycles. The Morgan fingerprint density at radius 2 is 2.12 bits per heavy atom. The molecule has 1 aliphatic rings. The van der Waals surface area contributed by atoms with Crippen LogP contribution in [-0.2, 0) is 6.54 Å². The molecule has 2 atom stereocenters. The van der Waals surface area contributed by atoms with Crippen LogP contribution in [0.3, 0.4) is 0 Å². The summed E-state index contributed by atoms with van der Waals surface area (Å²) in [5, 5.41) is 9.00. The fraction of sp³-hybridized carbons (Fsp3) is 0.615. The Morgan fingerprint density at radius 3 is 2.71 bits per heavy atom. The first-order valence-corrected chi connectivity index (χ1v) is 6.15. The number of hydrogen-bond acceptors (Lipinski definition) is 3. The van der Waals surface area contributed by atoms with Crippen LogP contribution in [0.5, 0.6) is 0 Å². The number of carbonyl (C=O) groups is 1. The number of furan rings is 1. The number of nitrogens with zero attached hydrogens (tertiary/aromatic N) is 1. The molecule has 2 heterocycles. The molecule has 0 aromatic carbocycles. The maximum atomic E-state index is 11.0. The summed E-state index contributed by atoms with van der Waals surface area (Å²) in [4.78, 5) is 13.3. The summed E-state index contributed by atoms with van der Waals surface area (Å²) in [5.74, 6) is -0.905. The second-order valence-electron chi connectivity index (χ2n) is 4.88.